The highest BCUT2D eigenvalue weighted by Gasteiger charge is 2.41. The second-order valence-electron chi connectivity index (χ2n) is 8.20. The van der Waals surface area contributed by atoms with Crippen molar-refractivity contribution < 1.29 is 14.4 Å². The quantitative estimate of drug-likeness (QED) is 0.754. The van der Waals surface area contributed by atoms with Gasteiger partial charge in [0.1, 0.15) is 6.04 Å². The summed E-state index contributed by atoms with van der Waals surface area (Å²) in [5, 5.41) is 6.75. The van der Waals surface area contributed by atoms with Gasteiger partial charge in [0.25, 0.3) is 5.91 Å². The predicted molar refractivity (Wildman–Crippen MR) is 118 cm³/mol. The number of halogens is 1. The second kappa shape index (κ2) is 7.98. The molecule has 8 heteroatoms. The molecule has 2 saturated heterocycles. The average molecular weight is 439 g/mol. The lowest BCUT2D eigenvalue weighted by atomic mass is 10.0. The molecule has 2 atom stereocenters. The number of hydrogen-bond donors (Lipinski definition) is 2. The van der Waals surface area contributed by atoms with Crippen LogP contribution in [0.4, 0.5) is 5.69 Å². The molecule has 0 bridgehead atoms. The summed E-state index contributed by atoms with van der Waals surface area (Å²) in [5.74, 6) is -0.437. The summed E-state index contributed by atoms with van der Waals surface area (Å²) in [7, 11) is 0. The summed E-state index contributed by atoms with van der Waals surface area (Å²) in [6.07, 6.45) is 1.79. The first-order valence-electron chi connectivity index (χ1n) is 10.6. The fourth-order valence-corrected chi connectivity index (χ4v) is 4.72. The van der Waals surface area contributed by atoms with Gasteiger partial charge in [0.05, 0.1) is 23.8 Å². The van der Waals surface area contributed by atoms with Crippen LogP contribution in [0.2, 0.25) is 5.02 Å². The van der Waals surface area contributed by atoms with Crippen molar-refractivity contribution in [2.24, 2.45) is 0 Å². The van der Waals surface area contributed by atoms with E-state index in [-0.39, 0.29) is 30.3 Å². The third kappa shape index (κ3) is 3.68. The number of piperazine rings is 1. The molecule has 2 aromatic rings. The highest BCUT2D eigenvalue weighted by atomic mass is 35.5. The van der Waals surface area contributed by atoms with Gasteiger partial charge in [0.15, 0.2) is 0 Å². The maximum atomic E-state index is 13.4. The molecule has 0 aliphatic carbocycles. The average Bonchev–Trinajstić information content (AvgIpc) is 3.30. The van der Waals surface area contributed by atoms with Crippen LogP contribution in [0.25, 0.3) is 11.1 Å². The molecule has 0 radical (unpaired) electrons. The van der Waals surface area contributed by atoms with Gasteiger partial charge in [-0.1, -0.05) is 29.8 Å². The van der Waals surface area contributed by atoms with E-state index in [0.717, 1.165) is 30.5 Å². The molecule has 3 heterocycles. The van der Waals surface area contributed by atoms with E-state index in [0.29, 0.717) is 29.4 Å². The smallest absolute Gasteiger partial charge is 0.256 e. The molecule has 3 amide bonds. The Hall–Kier alpha value is -2.90. The normalized spacial score (nSPS) is 23.1. The van der Waals surface area contributed by atoms with E-state index in [1.807, 2.05) is 24.3 Å². The number of nitrogens with zero attached hydrogens (tertiary/aromatic N) is 2. The van der Waals surface area contributed by atoms with E-state index < -0.39 is 6.04 Å². The molecule has 2 aromatic carbocycles. The summed E-state index contributed by atoms with van der Waals surface area (Å²) >= 11 is 5.99. The van der Waals surface area contributed by atoms with Crippen molar-refractivity contribution in [1.29, 1.82) is 0 Å². The third-order valence-electron chi connectivity index (χ3n) is 6.30. The second-order valence-corrected chi connectivity index (χ2v) is 8.64. The number of amides is 3. The van der Waals surface area contributed by atoms with Crippen molar-refractivity contribution in [3.8, 4) is 11.1 Å². The zero-order valence-corrected chi connectivity index (χ0v) is 17.7. The van der Waals surface area contributed by atoms with Crippen LogP contribution in [0, 0.1) is 0 Å². The van der Waals surface area contributed by atoms with Crippen LogP contribution in [0.1, 0.15) is 23.2 Å². The number of carbonyl (C=O) groups is 3. The number of rotatable bonds is 2. The van der Waals surface area contributed by atoms with Gasteiger partial charge in [0.2, 0.25) is 11.8 Å². The highest BCUT2D eigenvalue weighted by molar-refractivity contribution is 6.30. The minimum Gasteiger partial charge on any atom is -0.337 e. The lowest BCUT2D eigenvalue weighted by Gasteiger charge is -2.40. The van der Waals surface area contributed by atoms with Crippen LogP contribution >= 0.6 is 11.6 Å². The molecule has 31 heavy (non-hydrogen) atoms. The molecule has 0 aromatic heterocycles. The Balaban J connectivity index is 1.41. The third-order valence-corrected chi connectivity index (χ3v) is 6.55. The molecule has 2 N–H and O–H groups in total. The van der Waals surface area contributed by atoms with Crippen LogP contribution < -0.4 is 10.6 Å². The minimum atomic E-state index is -0.696. The number of carbonyl (C=O) groups excluding carboxylic acids is 3. The largest absolute Gasteiger partial charge is 0.337 e. The van der Waals surface area contributed by atoms with Gasteiger partial charge in [-0.25, -0.2) is 0 Å². The van der Waals surface area contributed by atoms with Crippen molar-refractivity contribution in [1.82, 2.24) is 15.1 Å². The van der Waals surface area contributed by atoms with Crippen molar-refractivity contribution in [3.05, 3.63) is 53.1 Å². The zero-order valence-electron chi connectivity index (χ0n) is 16.9. The van der Waals surface area contributed by atoms with Crippen molar-refractivity contribution >= 4 is 35.0 Å². The molecule has 0 spiro atoms. The molecule has 2 fully saturated rings. The number of anilines is 1. The summed E-state index contributed by atoms with van der Waals surface area (Å²) in [5.41, 5.74) is 2.77. The predicted octanol–water partition coefficient (Wildman–Crippen LogP) is 2.36. The summed E-state index contributed by atoms with van der Waals surface area (Å²) in [6, 6.07) is 12.0. The topological polar surface area (TPSA) is 81.8 Å². The van der Waals surface area contributed by atoms with E-state index in [4.69, 9.17) is 11.6 Å². The molecule has 3 aliphatic heterocycles. The molecule has 3 aliphatic rings. The van der Waals surface area contributed by atoms with E-state index >= 15 is 0 Å². The van der Waals surface area contributed by atoms with Gasteiger partial charge in [-0.05, 0) is 54.8 Å². The Bertz CT molecular complexity index is 1050. The first-order valence-corrected chi connectivity index (χ1v) is 10.9. The van der Waals surface area contributed by atoms with Crippen molar-refractivity contribution in [2.75, 3.05) is 31.5 Å². The standard InChI is InChI=1S/C23H23ClN4O3/c24-16-6-3-14(4-7-16)15-5-8-18-17(12-15)22(30)28-11-10-27(13-20(28)21(29)26-18)23(31)19-2-1-9-25-19/h3-8,12,19-20,25H,1-2,9-11,13H2,(H,26,29)/t19-,20+/m1/s1. The van der Waals surface area contributed by atoms with Crippen LogP contribution in [0.3, 0.4) is 0 Å². The van der Waals surface area contributed by atoms with Crippen LogP contribution in [-0.2, 0) is 9.59 Å². The molecular weight excluding hydrogens is 416 g/mol. The number of hydrogen-bond acceptors (Lipinski definition) is 4. The SMILES string of the molecule is O=C1Nc2ccc(-c3ccc(Cl)cc3)cc2C(=O)N2CCN(C(=O)[C@H]3CCCN3)C[C@@H]12. The first kappa shape index (κ1) is 20.0. The Kier molecular flexibility index (Phi) is 5.16. The van der Waals surface area contributed by atoms with E-state index in [1.54, 1.807) is 28.0 Å². The first-order chi connectivity index (χ1) is 15.0. The Labute approximate surface area is 185 Å². The minimum absolute atomic E-state index is 0.0178. The summed E-state index contributed by atoms with van der Waals surface area (Å²) in [4.78, 5) is 42.5. The molecule has 5 rings (SSSR count). The lowest BCUT2D eigenvalue weighted by Crippen LogP contribution is -2.61. The number of nitrogens with one attached hydrogen (secondary N) is 2. The Morgan fingerprint density at radius 3 is 2.55 bits per heavy atom. The van der Waals surface area contributed by atoms with E-state index in [9.17, 15) is 14.4 Å². The molecule has 7 nitrogen and oxygen atoms in total. The van der Waals surface area contributed by atoms with Crippen molar-refractivity contribution in [2.45, 2.75) is 24.9 Å². The maximum absolute atomic E-state index is 13.4. The zero-order chi connectivity index (χ0) is 21.5. The molecule has 160 valence electrons. The fourth-order valence-electron chi connectivity index (χ4n) is 4.59. The Morgan fingerprint density at radius 1 is 1.03 bits per heavy atom. The van der Waals surface area contributed by atoms with Gasteiger partial charge in [0, 0.05) is 18.1 Å². The van der Waals surface area contributed by atoms with Crippen LogP contribution in [0.5, 0.6) is 0 Å². The maximum Gasteiger partial charge on any atom is 0.256 e. The summed E-state index contributed by atoms with van der Waals surface area (Å²) < 4.78 is 0. The van der Waals surface area contributed by atoms with E-state index in [2.05, 4.69) is 10.6 Å². The van der Waals surface area contributed by atoms with Gasteiger partial charge in [-0.2, -0.15) is 0 Å². The fraction of sp³-hybridized carbons (Fsp3) is 0.348. The Morgan fingerprint density at radius 2 is 1.81 bits per heavy atom. The highest BCUT2D eigenvalue weighted by Crippen LogP contribution is 2.31. The molecule has 0 saturated carbocycles. The van der Waals surface area contributed by atoms with Crippen molar-refractivity contribution in [3.63, 3.8) is 0 Å². The summed E-state index contributed by atoms with van der Waals surface area (Å²) in [6.45, 7) is 1.81. The van der Waals surface area contributed by atoms with Gasteiger partial charge < -0.3 is 20.4 Å². The van der Waals surface area contributed by atoms with Crippen LogP contribution in [-0.4, -0.2) is 65.8 Å². The van der Waals surface area contributed by atoms with Crippen LogP contribution in [0.15, 0.2) is 42.5 Å². The van der Waals surface area contributed by atoms with Gasteiger partial charge in [-0.15, -0.1) is 0 Å². The number of benzene rings is 2. The lowest BCUT2D eigenvalue weighted by molar-refractivity contribution is -0.137. The van der Waals surface area contributed by atoms with E-state index in [1.165, 1.54) is 0 Å². The van der Waals surface area contributed by atoms with Gasteiger partial charge >= 0.3 is 0 Å². The molecular formula is C23H23ClN4O3. The monoisotopic (exact) mass is 438 g/mol. The molecule has 0 unspecified atom stereocenters. The van der Waals surface area contributed by atoms with Gasteiger partial charge in [-0.3, -0.25) is 14.4 Å². The number of fused-ring (bicyclic) bond motifs is 2.